The smallest absolute Gasteiger partial charge is 0.261 e. The quantitative estimate of drug-likeness (QED) is 0.654. The molecule has 2 fully saturated rings. The van der Waals surface area contributed by atoms with Crippen LogP contribution >= 0.6 is 11.6 Å². The van der Waals surface area contributed by atoms with Gasteiger partial charge < -0.3 is 24.8 Å². The minimum atomic E-state index is -0.461. The van der Waals surface area contributed by atoms with E-state index in [2.05, 4.69) is 16.8 Å². The van der Waals surface area contributed by atoms with Crippen LogP contribution in [0.3, 0.4) is 0 Å². The maximum Gasteiger partial charge on any atom is 0.261 e. The largest absolute Gasteiger partial charge is 0.489 e. The summed E-state index contributed by atoms with van der Waals surface area (Å²) in [6, 6.07) is 5.97. The fourth-order valence-electron chi connectivity index (χ4n) is 4.97. The minimum absolute atomic E-state index is 0.0453. The number of halogens is 2. The highest BCUT2D eigenvalue weighted by Gasteiger charge is 2.41. The molecule has 2 aromatic rings. The van der Waals surface area contributed by atoms with Crippen LogP contribution in [-0.2, 0) is 4.79 Å². The number of nitrogens with zero attached hydrogens (tertiary/aromatic N) is 4. The van der Waals surface area contributed by atoms with Gasteiger partial charge in [-0.25, -0.2) is 9.37 Å². The van der Waals surface area contributed by atoms with Crippen LogP contribution in [0.15, 0.2) is 36.9 Å². The van der Waals surface area contributed by atoms with Crippen molar-refractivity contribution in [1.29, 1.82) is 0 Å². The number of carbonyl (C=O) groups is 2. The molecule has 2 saturated heterocycles. The van der Waals surface area contributed by atoms with Crippen molar-refractivity contribution in [2.24, 2.45) is 0 Å². The van der Waals surface area contributed by atoms with Gasteiger partial charge in [0.05, 0.1) is 11.7 Å². The number of amides is 2. The van der Waals surface area contributed by atoms with Gasteiger partial charge in [0.2, 0.25) is 5.91 Å². The van der Waals surface area contributed by atoms with Crippen molar-refractivity contribution >= 4 is 29.2 Å². The van der Waals surface area contributed by atoms with Gasteiger partial charge in [-0.05, 0) is 25.1 Å². The van der Waals surface area contributed by atoms with Crippen LogP contribution in [-0.4, -0.2) is 84.6 Å². The van der Waals surface area contributed by atoms with Crippen molar-refractivity contribution in [3.05, 3.63) is 53.3 Å². The van der Waals surface area contributed by atoms with Crippen molar-refractivity contribution in [2.75, 3.05) is 50.8 Å². The zero-order chi connectivity index (χ0) is 24.7. The van der Waals surface area contributed by atoms with Gasteiger partial charge in [-0.2, -0.15) is 0 Å². The van der Waals surface area contributed by atoms with Gasteiger partial charge in [-0.15, -0.1) is 0 Å². The van der Waals surface area contributed by atoms with Crippen LogP contribution in [0.1, 0.15) is 17.3 Å². The van der Waals surface area contributed by atoms with Gasteiger partial charge >= 0.3 is 0 Å². The van der Waals surface area contributed by atoms with Crippen LogP contribution in [0.5, 0.6) is 5.75 Å². The van der Waals surface area contributed by atoms with E-state index in [1.807, 2.05) is 6.92 Å². The molecule has 1 N–H and O–H groups in total. The number of pyridine rings is 1. The molecule has 8 nitrogen and oxygen atoms in total. The first-order chi connectivity index (χ1) is 16.9. The first-order valence-electron chi connectivity index (χ1n) is 11.7. The highest BCUT2D eigenvalue weighted by molar-refractivity contribution is 6.35. The summed E-state index contributed by atoms with van der Waals surface area (Å²) in [4.78, 5) is 36.4. The second-order valence-electron chi connectivity index (χ2n) is 8.98. The first kappa shape index (κ1) is 23.6. The summed E-state index contributed by atoms with van der Waals surface area (Å²) in [5, 5.41) is 3.44. The molecule has 4 heterocycles. The zero-order valence-corrected chi connectivity index (χ0v) is 20.2. The standard InChI is InChI=1S/C25H27ClFN5O3/c1-3-19(33)30-10-11-32-16(13-30)14-35-23-20(25(32)34)24(31-9-8-28-12-15(31)2)29-22(21(23)26)17-6-4-5-7-18(17)27/h3-7,15-16,28H,1,8-14H2,2H3/t15-,16+/m0/s1. The molecule has 3 aliphatic heterocycles. The molecule has 3 aliphatic rings. The van der Waals surface area contributed by atoms with Gasteiger partial charge in [0, 0.05) is 50.9 Å². The predicted octanol–water partition coefficient (Wildman–Crippen LogP) is 2.57. The second-order valence-corrected chi connectivity index (χ2v) is 9.36. The molecule has 0 aliphatic carbocycles. The lowest BCUT2D eigenvalue weighted by atomic mass is 10.0. The lowest BCUT2D eigenvalue weighted by molar-refractivity contribution is -0.128. The monoisotopic (exact) mass is 499 g/mol. The van der Waals surface area contributed by atoms with Gasteiger partial charge in [-0.3, -0.25) is 9.59 Å². The molecule has 0 bridgehead atoms. The summed E-state index contributed by atoms with van der Waals surface area (Å²) in [5.74, 6) is -0.246. The van der Waals surface area contributed by atoms with Crippen LogP contribution in [0.4, 0.5) is 10.2 Å². The zero-order valence-electron chi connectivity index (χ0n) is 19.5. The molecule has 184 valence electrons. The summed E-state index contributed by atoms with van der Waals surface area (Å²) in [5.41, 5.74) is 0.764. The summed E-state index contributed by atoms with van der Waals surface area (Å²) in [6.07, 6.45) is 1.27. The van der Waals surface area contributed by atoms with E-state index in [-0.39, 0.29) is 58.1 Å². The number of rotatable bonds is 3. The third-order valence-electron chi connectivity index (χ3n) is 6.84. The summed E-state index contributed by atoms with van der Waals surface area (Å²) in [6.45, 7) is 8.90. The van der Waals surface area contributed by atoms with Gasteiger partial charge in [-0.1, -0.05) is 30.3 Å². The number of benzene rings is 1. The summed E-state index contributed by atoms with van der Waals surface area (Å²) < 4.78 is 21.0. The topological polar surface area (TPSA) is 78.0 Å². The van der Waals surface area contributed by atoms with Gasteiger partial charge in [0.1, 0.15) is 28.8 Å². The maximum absolute atomic E-state index is 14.8. The van der Waals surface area contributed by atoms with E-state index < -0.39 is 5.82 Å². The fourth-order valence-corrected chi connectivity index (χ4v) is 5.26. The number of anilines is 1. The van der Waals surface area contributed by atoms with Crippen molar-refractivity contribution in [3.8, 4) is 17.0 Å². The summed E-state index contributed by atoms with van der Waals surface area (Å²) >= 11 is 6.78. The van der Waals surface area contributed by atoms with Crippen LogP contribution in [0.2, 0.25) is 5.02 Å². The van der Waals surface area contributed by atoms with E-state index in [0.29, 0.717) is 38.5 Å². The molecule has 0 unspecified atom stereocenters. The highest BCUT2D eigenvalue weighted by Crippen LogP contribution is 2.44. The van der Waals surface area contributed by atoms with Crippen molar-refractivity contribution < 1.29 is 18.7 Å². The highest BCUT2D eigenvalue weighted by atomic mass is 35.5. The summed E-state index contributed by atoms with van der Waals surface area (Å²) in [7, 11) is 0. The Balaban J connectivity index is 1.65. The molecule has 2 amide bonds. The van der Waals surface area contributed by atoms with E-state index >= 15 is 0 Å². The fraction of sp³-hybridized carbons (Fsp3) is 0.400. The van der Waals surface area contributed by atoms with Crippen molar-refractivity contribution in [3.63, 3.8) is 0 Å². The van der Waals surface area contributed by atoms with E-state index in [1.165, 1.54) is 12.1 Å². The predicted molar refractivity (Wildman–Crippen MR) is 131 cm³/mol. The van der Waals surface area contributed by atoms with Crippen molar-refractivity contribution in [1.82, 2.24) is 20.1 Å². The Morgan fingerprint density at radius 1 is 1.29 bits per heavy atom. The Morgan fingerprint density at radius 3 is 2.83 bits per heavy atom. The second kappa shape index (κ2) is 9.47. The molecule has 2 atom stereocenters. The average molecular weight is 500 g/mol. The Kier molecular flexibility index (Phi) is 6.37. The number of fused-ring (bicyclic) bond motifs is 2. The molecule has 1 aromatic carbocycles. The van der Waals surface area contributed by atoms with E-state index in [9.17, 15) is 14.0 Å². The number of hydrogen-bond donors (Lipinski definition) is 1. The molecule has 0 saturated carbocycles. The number of ether oxygens (including phenoxy) is 1. The third kappa shape index (κ3) is 4.12. The Hall–Kier alpha value is -3.17. The average Bonchev–Trinajstić information content (AvgIpc) is 3.02. The molecule has 0 spiro atoms. The lowest BCUT2D eigenvalue weighted by Gasteiger charge is -2.40. The third-order valence-corrected chi connectivity index (χ3v) is 7.19. The molecular weight excluding hydrogens is 473 g/mol. The number of carbonyl (C=O) groups excluding carboxylic acids is 2. The van der Waals surface area contributed by atoms with Crippen LogP contribution < -0.4 is 15.0 Å². The Labute approximate surface area is 208 Å². The molecule has 10 heteroatoms. The van der Waals surface area contributed by atoms with Gasteiger partial charge in [0.15, 0.2) is 5.75 Å². The first-order valence-corrected chi connectivity index (χ1v) is 12.1. The maximum atomic E-state index is 14.8. The normalized spacial score (nSPS) is 22.1. The molecule has 1 aromatic heterocycles. The van der Waals surface area contributed by atoms with E-state index in [4.69, 9.17) is 21.3 Å². The van der Waals surface area contributed by atoms with Gasteiger partial charge in [0.25, 0.3) is 5.91 Å². The molecular formula is C25H27ClFN5O3. The molecule has 5 rings (SSSR count). The molecule has 35 heavy (non-hydrogen) atoms. The SMILES string of the molecule is C=CC(=O)N1CCN2C(=O)c3c(N4CCNC[C@@H]4C)nc(-c4ccccc4F)c(Cl)c3OC[C@H]2C1. The number of aromatic nitrogens is 1. The lowest BCUT2D eigenvalue weighted by Crippen LogP contribution is -2.57. The van der Waals surface area contributed by atoms with E-state index in [1.54, 1.807) is 28.0 Å². The van der Waals surface area contributed by atoms with Crippen LogP contribution in [0.25, 0.3) is 11.3 Å². The van der Waals surface area contributed by atoms with Crippen LogP contribution in [0, 0.1) is 5.82 Å². The number of hydrogen-bond acceptors (Lipinski definition) is 6. The van der Waals surface area contributed by atoms with Crippen molar-refractivity contribution in [2.45, 2.75) is 19.0 Å². The number of piperazine rings is 2. The Morgan fingerprint density at radius 2 is 2.09 bits per heavy atom. The molecule has 0 radical (unpaired) electrons. The minimum Gasteiger partial charge on any atom is -0.489 e. The Bertz CT molecular complexity index is 1190. The number of nitrogens with one attached hydrogen (secondary N) is 1. The van der Waals surface area contributed by atoms with E-state index in [0.717, 1.165) is 6.54 Å².